The van der Waals surface area contributed by atoms with Crippen molar-refractivity contribution < 1.29 is 24.0 Å². The van der Waals surface area contributed by atoms with Gasteiger partial charge in [-0.05, 0) is 98.8 Å². The number of piperidine rings is 2. The third kappa shape index (κ3) is 8.31. The van der Waals surface area contributed by atoms with Crippen LogP contribution in [0.1, 0.15) is 75.7 Å². The summed E-state index contributed by atoms with van der Waals surface area (Å²) in [4.78, 5) is 73.4. The quantitative estimate of drug-likeness (QED) is 0.263. The number of nitrogens with one attached hydrogen (secondary N) is 1. The summed E-state index contributed by atoms with van der Waals surface area (Å²) < 4.78 is 0. The number of carbonyl (C=O) groups is 5. The maximum Gasteiger partial charge on any atom is 0.262 e. The summed E-state index contributed by atoms with van der Waals surface area (Å²) in [5, 5.41) is 11.8. The molecule has 0 aliphatic carbocycles. The van der Waals surface area contributed by atoms with Crippen molar-refractivity contribution in [1.29, 1.82) is 5.26 Å². The Bertz CT molecular complexity index is 2180. The lowest BCUT2D eigenvalue weighted by atomic mass is 9.77. The van der Waals surface area contributed by atoms with Gasteiger partial charge in [0.15, 0.2) is 0 Å². The molecule has 1 spiro atoms. The van der Waals surface area contributed by atoms with E-state index in [1.54, 1.807) is 12.1 Å². The van der Waals surface area contributed by atoms with E-state index < -0.39 is 23.8 Å². The van der Waals surface area contributed by atoms with Gasteiger partial charge in [0.25, 0.3) is 11.8 Å². The minimum atomic E-state index is -0.931. The lowest BCUT2D eigenvalue weighted by Crippen LogP contribution is -2.61. The van der Waals surface area contributed by atoms with Crippen molar-refractivity contribution in [3.05, 3.63) is 87.9 Å². The Labute approximate surface area is 350 Å². The van der Waals surface area contributed by atoms with Gasteiger partial charge in [-0.3, -0.25) is 34.2 Å². The van der Waals surface area contributed by atoms with Crippen LogP contribution in [0.15, 0.2) is 60.7 Å². The van der Waals surface area contributed by atoms with Crippen LogP contribution in [-0.2, 0) is 9.59 Å². The van der Waals surface area contributed by atoms with Crippen molar-refractivity contribution in [3.63, 3.8) is 0 Å². The zero-order valence-electron chi connectivity index (χ0n) is 33.8. The smallest absolute Gasteiger partial charge is 0.262 e. The predicted molar refractivity (Wildman–Crippen MR) is 226 cm³/mol. The van der Waals surface area contributed by atoms with E-state index in [0.29, 0.717) is 27.1 Å². The van der Waals surface area contributed by atoms with Crippen LogP contribution in [0.2, 0.25) is 5.02 Å². The maximum atomic E-state index is 13.0. The highest BCUT2D eigenvalue weighted by atomic mass is 35.5. The minimum Gasteiger partial charge on any atom is -0.371 e. The van der Waals surface area contributed by atoms with E-state index in [9.17, 15) is 24.0 Å². The van der Waals surface area contributed by atoms with Crippen LogP contribution in [0, 0.1) is 22.2 Å². The van der Waals surface area contributed by atoms with Crippen LogP contribution in [0.4, 0.5) is 17.1 Å². The van der Waals surface area contributed by atoms with E-state index in [1.807, 2.05) is 48.5 Å². The molecule has 0 saturated carbocycles. The molecule has 14 heteroatoms. The Morgan fingerprint density at radius 2 is 1.41 bits per heavy atom. The lowest BCUT2D eigenvalue weighted by molar-refractivity contribution is -0.136. The molecular weight excluding hydrogens is 768 g/mol. The fraction of sp³-hybridized carbons (Fsp3) is 0.467. The van der Waals surface area contributed by atoms with Gasteiger partial charge in [-0.15, -0.1) is 0 Å². The van der Waals surface area contributed by atoms with Gasteiger partial charge in [0.1, 0.15) is 18.4 Å². The number of halogens is 1. The zero-order chi connectivity index (χ0) is 41.5. The van der Waals surface area contributed by atoms with E-state index in [-0.39, 0.29) is 24.2 Å². The molecule has 1 atom stereocenters. The van der Waals surface area contributed by atoms with Crippen molar-refractivity contribution in [3.8, 4) is 6.07 Å². The second kappa shape index (κ2) is 16.4. The summed E-state index contributed by atoms with van der Waals surface area (Å²) in [5.74, 6) is -1.88. The van der Waals surface area contributed by atoms with Gasteiger partial charge in [0.2, 0.25) is 11.8 Å². The molecule has 13 nitrogen and oxygen atoms in total. The Kier molecular flexibility index (Phi) is 11.3. The molecule has 59 heavy (non-hydrogen) atoms. The maximum absolute atomic E-state index is 13.0. The molecule has 6 aliphatic rings. The Morgan fingerprint density at radius 3 is 2.05 bits per heavy atom. The molecule has 1 unspecified atom stereocenters. The van der Waals surface area contributed by atoms with Crippen molar-refractivity contribution in [2.75, 3.05) is 93.7 Å². The van der Waals surface area contributed by atoms with Gasteiger partial charge in [0, 0.05) is 106 Å². The summed E-state index contributed by atoms with van der Waals surface area (Å²) in [7, 11) is 2.16. The number of benzene rings is 3. The van der Waals surface area contributed by atoms with Crippen LogP contribution < -0.4 is 20.0 Å². The summed E-state index contributed by atoms with van der Waals surface area (Å²) in [6.07, 6.45) is 4.71. The topological polar surface area (TPSA) is 141 Å². The largest absolute Gasteiger partial charge is 0.371 e. The second-order valence-electron chi connectivity index (χ2n) is 17.6. The molecule has 3 aromatic rings. The first-order valence-corrected chi connectivity index (χ1v) is 21.0. The molecule has 6 heterocycles. The molecule has 0 bridgehead atoms. The SMILES string of the molecule is CN1CCN(CC2(C)CN(c3ccc4c(c3)C(=O)N(C3CCC(=O)NC3=O)C4=O)C2)CC1.N#Cc1ccc(N2CCC3(CCN(c4ccc(C=O)cc4)CC3)C2)cc1Cl. The molecule has 3 aromatic carbocycles. The van der Waals surface area contributed by atoms with Gasteiger partial charge in [-0.2, -0.15) is 5.26 Å². The van der Waals surface area contributed by atoms with Crippen molar-refractivity contribution in [2.45, 2.75) is 45.1 Å². The fourth-order valence-electron chi connectivity index (χ4n) is 9.72. The number of hydrogen-bond acceptors (Lipinski definition) is 11. The highest BCUT2D eigenvalue weighted by Gasteiger charge is 2.46. The fourth-order valence-corrected chi connectivity index (χ4v) is 9.93. The van der Waals surface area contributed by atoms with Crippen LogP contribution in [-0.4, -0.2) is 130 Å². The van der Waals surface area contributed by atoms with Crippen molar-refractivity contribution in [2.24, 2.45) is 10.8 Å². The average molecular weight is 819 g/mol. The van der Waals surface area contributed by atoms with Crippen LogP contribution in [0.3, 0.4) is 0 Å². The minimum absolute atomic E-state index is 0.120. The molecule has 9 rings (SSSR count). The van der Waals surface area contributed by atoms with E-state index in [2.05, 4.69) is 49.9 Å². The molecule has 6 aliphatic heterocycles. The Morgan fingerprint density at radius 1 is 0.780 bits per heavy atom. The highest BCUT2D eigenvalue weighted by Crippen LogP contribution is 2.43. The Hall–Kier alpha value is -5.29. The molecule has 0 aromatic heterocycles. The molecule has 1 N–H and O–H groups in total. The van der Waals surface area contributed by atoms with Crippen LogP contribution in [0.25, 0.3) is 0 Å². The molecule has 5 fully saturated rings. The van der Waals surface area contributed by atoms with Crippen molar-refractivity contribution in [1.82, 2.24) is 20.0 Å². The van der Waals surface area contributed by atoms with E-state index >= 15 is 0 Å². The highest BCUT2D eigenvalue weighted by molar-refractivity contribution is 6.32. The lowest BCUT2D eigenvalue weighted by Gasteiger charge is -2.52. The first-order chi connectivity index (χ1) is 28.4. The average Bonchev–Trinajstić information content (AvgIpc) is 3.75. The van der Waals surface area contributed by atoms with Crippen molar-refractivity contribution >= 4 is 58.6 Å². The number of piperazine rings is 1. The van der Waals surface area contributed by atoms with E-state index in [0.717, 1.165) is 100 Å². The normalized spacial score (nSPS) is 22.7. The number of amides is 4. The first-order valence-electron chi connectivity index (χ1n) is 20.6. The number of nitriles is 1. The summed E-state index contributed by atoms with van der Waals surface area (Å²) in [5.41, 5.74) is 5.71. The Balaban J connectivity index is 0.000000167. The third-order valence-electron chi connectivity index (χ3n) is 13.2. The number of imide groups is 2. The number of anilines is 3. The molecule has 5 saturated heterocycles. The van der Waals surface area contributed by atoms with E-state index in [1.165, 1.54) is 24.9 Å². The van der Waals surface area contributed by atoms with Crippen LogP contribution >= 0.6 is 11.6 Å². The monoisotopic (exact) mass is 818 g/mol. The standard InChI is InChI=1S/C23H29N5O4.C22H22ClN3O/c1-23(12-26-9-7-25(2)8-10-26)13-27(14-23)15-3-4-16-17(11-15)22(32)28(21(16)31)18-5-6-19(29)24-20(18)30;23-21-13-20(6-3-18(21)14-24)26-12-9-22(16-26)7-10-25(11-8-22)19-4-1-17(15-27)2-5-19/h3-4,11,18H,5-10,12-14H2,1-2H3,(H,24,29,30);1-6,13,15H,7-12,16H2. The number of aldehydes is 1. The third-order valence-corrected chi connectivity index (χ3v) is 13.5. The number of hydrogen-bond donors (Lipinski definition) is 1. The number of rotatable bonds is 7. The van der Waals surface area contributed by atoms with Gasteiger partial charge in [-0.1, -0.05) is 18.5 Å². The summed E-state index contributed by atoms with van der Waals surface area (Å²) in [6, 6.07) is 20.1. The van der Waals surface area contributed by atoms with Gasteiger partial charge in [0.05, 0.1) is 21.7 Å². The molecular formula is C45H51ClN8O5. The zero-order valence-corrected chi connectivity index (χ0v) is 34.5. The van der Waals surface area contributed by atoms with Gasteiger partial charge >= 0.3 is 0 Å². The van der Waals surface area contributed by atoms with Gasteiger partial charge in [-0.25, -0.2) is 0 Å². The number of nitrogens with zero attached hydrogens (tertiary/aromatic N) is 7. The number of likely N-dealkylation sites (N-methyl/N-ethyl adjacent to an activating group) is 1. The number of fused-ring (bicyclic) bond motifs is 1. The molecule has 4 amide bonds. The number of carbonyl (C=O) groups excluding carboxylic acids is 5. The first kappa shape index (κ1) is 40.5. The van der Waals surface area contributed by atoms with E-state index in [4.69, 9.17) is 16.9 Å². The summed E-state index contributed by atoms with van der Waals surface area (Å²) >= 11 is 6.22. The predicted octanol–water partition coefficient (Wildman–Crippen LogP) is 4.68. The summed E-state index contributed by atoms with van der Waals surface area (Å²) in [6.45, 7) is 13.7. The van der Waals surface area contributed by atoms with Gasteiger partial charge < -0.3 is 24.5 Å². The molecule has 308 valence electrons. The second-order valence-corrected chi connectivity index (χ2v) is 18.0. The van der Waals surface area contributed by atoms with Crippen LogP contribution in [0.5, 0.6) is 0 Å². The molecule has 0 radical (unpaired) electrons.